The third kappa shape index (κ3) is 3.94. The molecular weight excluding hydrogens is 311 g/mol. The second-order valence-electron chi connectivity index (χ2n) is 4.27. The molecule has 2 N–H and O–H groups in total. The lowest BCUT2D eigenvalue weighted by molar-refractivity contribution is -0.137. The van der Waals surface area contributed by atoms with Crippen molar-refractivity contribution in [1.29, 1.82) is 0 Å². The molecule has 0 spiro atoms. The number of nitrogens with one attached hydrogen (secondary N) is 2. The molecule has 0 saturated heterocycles. The van der Waals surface area contributed by atoms with Gasteiger partial charge in [-0.05, 0) is 18.2 Å². The van der Waals surface area contributed by atoms with Crippen LogP contribution in [0.1, 0.15) is 18.4 Å². The van der Waals surface area contributed by atoms with Crippen LogP contribution in [0.4, 0.5) is 18.9 Å². The van der Waals surface area contributed by atoms with Crippen molar-refractivity contribution in [2.75, 3.05) is 5.32 Å². The van der Waals surface area contributed by atoms with Crippen molar-refractivity contribution in [3.05, 3.63) is 28.8 Å². The first-order chi connectivity index (χ1) is 9.75. The van der Waals surface area contributed by atoms with E-state index in [0.717, 1.165) is 12.1 Å². The first kappa shape index (κ1) is 15.3. The minimum atomic E-state index is -4.57. The van der Waals surface area contributed by atoms with Crippen LogP contribution in [0.3, 0.4) is 0 Å². The normalized spacial score (nSPS) is 15.2. The summed E-state index contributed by atoms with van der Waals surface area (Å²) in [6, 6.07) is 2.72. The molecule has 9 heteroatoms. The van der Waals surface area contributed by atoms with Crippen LogP contribution in [-0.4, -0.2) is 17.5 Å². The number of anilines is 1. The molecule has 0 bridgehead atoms. The molecule has 1 aromatic carbocycles. The Kier molecular flexibility index (Phi) is 4.17. The van der Waals surface area contributed by atoms with Crippen molar-refractivity contribution >= 4 is 34.8 Å². The van der Waals surface area contributed by atoms with Crippen LogP contribution in [0.5, 0.6) is 0 Å². The summed E-state index contributed by atoms with van der Waals surface area (Å²) in [4.78, 5) is 22.7. The quantitative estimate of drug-likeness (QED) is 0.879. The largest absolute Gasteiger partial charge is 0.416 e. The molecular formula is C12H9ClF3N3O2. The summed E-state index contributed by atoms with van der Waals surface area (Å²) in [5, 5.41) is 5.67. The van der Waals surface area contributed by atoms with Gasteiger partial charge in [-0.3, -0.25) is 9.59 Å². The molecule has 1 aromatic rings. The van der Waals surface area contributed by atoms with Crippen molar-refractivity contribution in [1.82, 2.24) is 5.43 Å². The lowest BCUT2D eigenvalue weighted by atomic mass is 10.1. The van der Waals surface area contributed by atoms with Gasteiger partial charge < -0.3 is 5.32 Å². The van der Waals surface area contributed by atoms with Gasteiger partial charge >= 0.3 is 6.18 Å². The fraction of sp³-hybridized carbons (Fsp3) is 0.250. The van der Waals surface area contributed by atoms with Crippen LogP contribution in [0, 0.1) is 0 Å². The lowest BCUT2D eigenvalue weighted by Crippen LogP contribution is -2.32. The van der Waals surface area contributed by atoms with Crippen LogP contribution in [-0.2, 0) is 15.8 Å². The van der Waals surface area contributed by atoms with Gasteiger partial charge in [0.15, 0.2) is 0 Å². The summed E-state index contributed by atoms with van der Waals surface area (Å²) < 4.78 is 37.9. The zero-order valence-corrected chi connectivity index (χ0v) is 11.2. The Bertz CT molecular complexity index is 629. The fourth-order valence-electron chi connectivity index (χ4n) is 1.67. The lowest BCUT2D eigenvalue weighted by Gasteiger charge is -2.13. The third-order valence-electron chi connectivity index (χ3n) is 2.65. The summed E-state index contributed by atoms with van der Waals surface area (Å²) in [6.07, 6.45) is -4.36. The number of hydrazone groups is 1. The topological polar surface area (TPSA) is 70.6 Å². The molecule has 0 fully saturated rings. The highest BCUT2D eigenvalue weighted by Crippen LogP contribution is 2.33. The maximum atomic E-state index is 12.6. The Morgan fingerprint density at radius 1 is 1.29 bits per heavy atom. The zero-order chi connectivity index (χ0) is 15.6. The molecule has 0 atom stereocenters. The molecule has 2 rings (SSSR count). The zero-order valence-electron chi connectivity index (χ0n) is 10.4. The molecule has 21 heavy (non-hydrogen) atoms. The Balaban J connectivity index is 2.18. The smallest absolute Gasteiger partial charge is 0.321 e. The Labute approximate surface area is 122 Å². The third-order valence-corrected chi connectivity index (χ3v) is 2.87. The average Bonchev–Trinajstić information content (AvgIpc) is 2.37. The van der Waals surface area contributed by atoms with Gasteiger partial charge in [0.25, 0.3) is 5.91 Å². The number of carbonyl (C=O) groups excluding carboxylic acids is 2. The van der Waals surface area contributed by atoms with Gasteiger partial charge in [-0.1, -0.05) is 11.6 Å². The van der Waals surface area contributed by atoms with Gasteiger partial charge in [-0.15, -0.1) is 0 Å². The summed E-state index contributed by atoms with van der Waals surface area (Å²) in [7, 11) is 0. The van der Waals surface area contributed by atoms with E-state index in [1.807, 2.05) is 0 Å². The van der Waals surface area contributed by atoms with Gasteiger partial charge in [0.2, 0.25) is 5.91 Å². The van der Waals surface area contributed by atoms with E-state index in [-0.39, 0.29) is 35.2 Å². The van der Waals surface area contributed by atoms with Crippen molar-refractivity contribution in [2.24, 2.45) is 5.10 Å². The number of halogens is 4. The van der Waals surface area contributed by atoms with Crippen molar-refractivity contribution in [3.8, 4) is 0 Å². The number of hydrogen-bond acceptors (Lipinski definition) is 3. The monoisotopic (exact) mass is 319 g/mol. The van der Waals surface area contributed by atoms with Gasteiger partial charge in [0.05, 0.1) is 5.56 Å². The minimum Gasteiger partial charge on any atom is -0.321 e. The molecule has 1 heterocycles. The van der Waals surface area contributed by atoms with Crippen LogP contribution in [0.15, 0.2) is 23.3 Å². The van der Waals surface area contributed by atoms with E-state index in [1.54, 1.807) is 0 Å². The number of amides is 2. The van der Waals surface area contributed by atoms with E-state index in [4.69, 9.17) is 11.6 Å². The van der Waals surface area contributed by atoms with E-state index < -0.39 is 17.6 Å². The molecule has 0 radical (unpaired) electrons. The van der Waals surface area contributed by atoms with Gasteiger partial charge in [0.1, 0.15) is 5.71 Å². The molecule has 1 aliphatic heterocycles. The summed E-state index contributed by atoms with van der Waals surface area (Å²) in [5.41, 5.74) is 1.09. The minimum absolute atomic E-state index is 0.0307. The first-order valence-electron chi connectivity index (χ1n) is 5.80. The van der Waals surface area contributed by atoms with E-state index in [9.17, 15) is 22.8 Å². The molecule has 0 aliphatic carbocycles. The van der Waals surface area contributed by atoms with Crippen LogP contribution in [0.25, 0.3) is 0 Å². The second-order valence-corrected chi connectivity index (χ2v) is 4.71. The van der Waals surface area contributed by atoms with E-state index in [0.29, 0.717) is 0 Å². The molecule has 1 aliphatic rings. The predicted octanol–water partition coefficient (Wildman–Crippen LogP) is 2.56. The number of hydrogen-bond donors (Lipinski definition) is 2. The van der Waals surface area contributed by atoms with Crippen molar-refractivity contribution < 1.29 is 22.8 Å². The van der Waals surface area contributed by atoms with E-state index >= 15 is 0 Å². The maximum absolute atomic E-state index is 12.6. The molecule has 5 nitrogen and oxygen atoms in total. The van der Waals surface area contributed by atoms with Gasteiger partial charge in [-0.2, -0.15) is 18.3 Å². The van der Waals surface area contributed by atoms with Crippen LogP contribution >= 0.6 is 11.6 Å². The number of nitrogens with zero attached hydrogens (tertiary/aromatic N) is 1. The molecule has 2 amide bonds. The van der Waals surface area contributed by atoms with Crippen LogP contribution < -0.4 is 10.7 Å². The summed E-state index contributed by atoms with van der Waals surface area (Å²) in [5.74, 6) is -1.01. The van der Waals surface area contributed by atoms with Gasteiger partial charge in [0, 0.05) is 23.6 Å². The molecule has 0 unspecified atom stereocenters. The Morgan fingerprint density at radius 3 is 2.57 bits per heavy atom. The Hall–Kier alpha value is -2.09. The SMILES string of the molecule is O=C1CCC(C(=O)Nc2cc(Cl)cc(C(F)(F)F)c2)=NN1. The average molecular weight is 320 g/mol. The number of benzene rings is 1. The van der Waals surface area contributed by atoms with Gasteiger partial charge in [-0.25, -0.2) is 5.43 Å². The summed E-state index contributed by atoms with van der Waals surface area (Å²) >= 11 is 5.61. The Morgan fingerprint density at radius 2 is 2.00 bits per heavy atom. The van der Waals surface area contributed by atoms with Crippen LogP contribution in [0.2, 0.25) is 5.02 Å². The van der Waals surface area contributed by atoms with Crippen molar-refractivity contribution in [3.63, 3.8) is 0 Å². The highest BCUT2D eigenvalue weighted by atomic mass is 35.5. The summed E-state index contributed by atoms with van der Waals surface area (Å²) in [6.45, 7) is 0. The highest BCUT2D eigenvalue weighted by molar-refractivity contribution is 6.43. The number of alkyl halides is 3. The predicted molar refractivity (Wildman–Crippen MR) is 69.9 cm³/mol. The molecule has 0 saturated carbocycles. The van der Waals surface area contributed by atoms with E-state index in [2.05, 4.69) is 15.8 Å². The maximum Gasteiger partial charge on any atom is 0.416 e. The van der Waals surface area contributed by atoms with Crippen molar-refractivity contribution in [2.45, 2.75) is 19.0 Å². The highest BCUT2D eigenvalue weighted by Gasteiger charge is 2.31. The first-order valence-corrected chi connectivity index (χ1v) is 6.18. The van der Waals surface area contributed by atoms with E-state index in [1.165, 1.54) is 6.07 Å². The number of rotatable bonds is 2. The number of carbonyl (C=O) groups is 2. The molecule has 112 valence electrons. The fourth-order valence-corrected chi connectivity index (χ4v) is 1.90. The molecule has 0 aromatic heterocycles. The second kappa shape index (κ2) is 5.72. The standard InChI is InChI=1S/C12H9ClF3N3O2/c13-7-3-6(12(14,15)16)4-8(5-7)17-11(21)9-1-2-10(20)19-18-9/h3-5H,1-2H2,(H,17,21)(H,19,20).